The Kier molecular flexibility index (Phi) is 3.05. The number of hydrogen-bond acceptors (Lipinski definition) is 4. The zero-order chi connectivity index (χ0) is 13.5. The normalized spacial score (nSPS) is 25.2. The summed E-state index contributed by atoms with van der Waals surface area (Å²) in [7, 11) is 3.83. The average Bonchev–Trinajstić information content (AvgIpc) is 2.29. The molecule has 0 aliphatic carbocycles. The highest BCUT2D eigenvalue weighted by Crippen LogP contribution is 2.42. The second-order valence-electron chi connectivity index (χ2n) is 5.42. The van der Waals surface area contributed by atoms with E-state index in [4.69, 9.17) is 10.00 Å². The highest BCUT2D eigenvalue weighted by Gasteiger charge is 2.43. The molecule has 0 aromatic heterocycles. The summed E-state index contributed by atoms with van der Waals surface area (Å²) in [5.74, 6) is 0.739. The monoisotopic (exact) mass is 246 g/mol. The Balaban J connectivity index is 2.57. The van der Waals surface area contributed by atoms with Crippen molar-refractivity contribution in [1.82, 2.24) is 4.90 Å². The van der Waals surface area contributed by atoms with Crippen LogP contribution in [0.4, 0.5) is 0 Å². The predicted molar refractivity (Wildman–Crippen MR) is 68.3 cm³/mol. The summed E-state index contributed by atoms with van der Waals surface area (Å²) in [5, 5.41) is 19.4. The molecular weight excluding hydrogens is 228 g/mol. The van der Waals surface area contributed by atoms with E-state index in [0.29, 0.717) is 5.56 Å². The molecule has 18 heavy (non-hydrogen) atoms. The second kappa shape index (κ2) is 4.27. The quantitative estimate of drug-likeness (QED) is 0.819. The van der Waals surface area contributed by atoms with Crippen LogP contribution in [0.25, 0.3) is 0 Å². The molecule has 1 unspecified atom stereocenters. The van der Waals surface area contributed by atoms with Crippen LogP contribution < -0.4 is 4.74 Å². The molecule has 1 heterocycles. The van der Waals surface area contributed by atoms with Gasteiger partial charge in [0.05, 0.1) is 17.7 Å². The Hall–Kier alpha value is -1.57. The van der Waals surface area contributed by atoms with Crippen molar-refractivity contribution in [2.75, 3.05) is 14.1 Å². The third kappa shape index (κ3) is 1.96. The van der Waals surface area contributed by atoms with Gasteiger partial charge in [0.1, 0.15) is 17.5 Å². The van der Waals surface area contributed by atoms with Crippen molar-refractivity contribution in [2.24, 2.45) is 0 Å². The van der Waals surface area contributed by atoms with E-state index in [2.05, 4.69) is 6.07 Å². The van der Waals surface area contributed by atoms with E-state index in [1.54, 1.807) is 18.2 Å². The first-order valence-electron chi connectivity index (χ1n) is 5.94. The molecule has 0 spiro atoms. The third-order valence-electron chi connectivity index (χ3n) is 3.40. The summed E-state index contributed by atoms with van der Waals surface area (Å²) in [4.78, 5) is 1.95. The van der Waals surface area contributed by atoms with Crippen molar-refractivity contribution in [1.29, 1.82) is 5.26 Å². The van der Waals surface area contributed by atoms with E-state index in [0.717, 1.165) is 11.3 Å². The highest BCUT2D eigenvalue weighted by molar-refractivity contribution is 5.46. The van der Waals surface area contributed by atoms with E-state index in [1.807, 2.05) is 32.8 Å². The van der Waals surface area contributed by atoms with Gasteiger partial charge in [0.25, 0.3) is 0 Å². The van der Waals surface area contributed by atoms with Gasteiger partial charge in [0.2, 0.25) is 0 Å². The number of ether oxygens (including phenoxy) is 1. The van der Waals surface area contributed by atoms with Crippen LogP contribution >= 0.6 is 0 Å². The largest absolute Gasteiger partial charge is 0.485 e. The molecule has 0 fully saturated rings. The van der Waals surface area contributed by atoms with Gasteiger partial charge in [-0.05, 0) is 46.1 Å². The maximum atomic E-state index is 10.4. The van der Waals surface area contributed by atoms with Crippen molar-refractivity contribution < 1.29 is 9.84 Å². The summed E-state index contributed by atoms with van der Waals surface area (Å²) in [6, 6.07) is 7.28. The lowest BCUT2D eigenvalue weighted by molar-refractivity contribution is -0.0849. The van der Waals surface area contributed by atoms with Crippen LogP contribution in [0.2, 0.25) is 0 Å². The fourth-order valence-corrected chi connectivity index (χ4v) is 2.40. The van der Waals surface area contributed by atoms with Gasteiger partial charge in [0, 0.05) is 5.56 Å². The highest BCUT2D eigenvalue weighted by atomic mass is 16.5. The zero-order valence-electron chi connectivity index (χ0n) is 11.1. The Morgan fingerprint density at radius 1 is 1.39 bits per heavy atom. The molecule has 0 bridgehead atoms. The molecule has 0 saturated heterocycles. The summed E-state index contributed by atoms with van der Waals surface area (Å²) in [6.45, 7) is 3.74. The van der Waals surface area contributed by atoms with E-state index in [-0.39, 0.29) is 6.04 Å². The van der Waals surface area contributed by atoms with Crippen LogP contribution in [0.15, 0.2) is 18.2 Å². The molecule has 1 aromatic rings. The minimum absolute atomic E-state index is 0.169. The molecule has 2 rings (SSSR count). The first-order chi connectivity index (χ1) is 8.36. The minimum Gasteiger partial charge on any atom is -0.485 e. The van der Waals surface area contributed by atoms with Crippen LogP contribution in [-0.4, -0.2) is 35.8 Å². The number of rotatable bonds is 1. The lowest BCUT2D eigenvalue weighted by atomic mass is 9.85. The maximum absolute atomic E-state index is 10.4. The summed E-state index contributed by atoms with van der Waals surface area (Å²) >= 11 is 0. The van der Waals surface area contributed by atoms with Gasteiger partial charge in [-0.15, -0.1) is 0 Å². The molecule has 1 aromatic carbocycles. The van der Waals surface area contributed by atoms with Crippen molar-refractivity contribution in [3.8, 4) is 11.8 Å². The fraction of sp³-hybridized carbons (Fsp3) is 0.500. The number of aliphatic hydroxyl groups excluding tert-OH is 1. The molecule has 2 atom stereocenters. The number of fused-ring (bicyclic) bond motifs is 1. The van der Waals surface area contributed by atoms with Crippen LogP contribution in [0.1, 0.15) is 31.0 Å². The number of hydrogen-bond donors (Lipinski definition) is 1. The Labute approximate surface area is 107 Å². The number of nitrogens with zero attached hydrogens (tertiary/aromatic N) is 2. The molecule has 1 aliphatic rings. The Morgan fingerprint density at radius 3 is 2.61 bits per heavy atom. The molecule has 0 radical (unpaired) electrons. The number of nitriles is 1. The first-order valence-corrected chi connectivity index (χ1v) is 5.94. The zero-order valence-corrected chi connectivity index (χ0v) is 11.1. The van der Waals surface area contributed by atoms with Gasteiger partial charge in [-0.25, -0.2) is 0 Å². The number of benzene rings is 1. The molecule has 4 heteroatoms. The second-order valence-corrected chi connectivity index (χ2v) is 5.42. The van der Waals surface area contributed by atoms with Crippen LogP contribution in [0.3, 0.4) is 0 Å². The van der Waals surface area contributed by atoms with E-state index < -0.39 is 11.7 Å². The summed E-state index contributed by atoms with van der Waals surface area (Å²) in [5.41, 5.74) is 0.804. The fourth-order valence-electron chi connectivity index (χ4n) is 2.40. The molecule has 0 saturated carbocycles. The van der Waals surface area contributed by atoms with Gasteiger partial charge >= 0.3 is 0 Å². The Morgan fingerprint density at radius 2 is 2.06 bits per heavy atom. The van der Waals surface area contributed by atoms with Crippen molar-refractivity contribution >= 4 is 0 Å². The minimum atomic E-state index is -0.644. The topological polar surface area (TPSA) is 56.5 Å². The van der Waals surface area contributed by atoms with Crippen molar-refractivity contribution in [3.05, 3.63) is 29.3 Å². The molecular formula is C14H18N2O2. The number of likely N-dealkylation sites (N-methyl/N-ethyl adjacent to an activating group) is 1. The van der Waals surface area contributed by atoms with Gasteiger partial charge in [-0.2, -0.15) is 5.26 Å². The van der Waals surface area contributed by atoms with Gasteiger partial charge in [0.15, 0.2) is 0 Å². The SMILES string of the molecule is CN(C)[C@H]1c2cc(C#N)ccc2OC(C)(C)C1O. The van der Waals surface area contributed by atoms with Crippen LogP contribution in [-0.2, 0) is 0 Å². The summed E-state index contributed by atoms with van der Waals surface area (Å²) < 4.78 is 5.83. The van der Waals surface area contributed by atoms with Gasteiger partial charge in [-0.1, -0.05) is 0 Å². The van der Waals surface area contributed by atoms with Gasteiger partial charge in [-0.3, -0.25) is 4.90 Å². The van der Waals surface area contributed by atoms with E-state index in [1.165, 1.54) is 0 Å². The van der Waals surface area contributed by atoms with Crippen molar-refractivity contribution in [2.45, 2.75) is 31.6 Å². The lowest BCUT2D eigenvalue weighted by Crippen LogP contribution is -2.52. The maximum Gasteiger partial charge on any atom is 0.131 e. The molecule has 0 amide bonds. The predicted octanol–water partition coefficient (Wildman–Crippen LogP) is 1.69. The van der Waals surface area contributed by atoms with E-state index >= 15 is 0 Å². The first kappa shape index (κ1) is 12.9. The van der Waals surface area contributed by atoms with Crippen LogP contribution in [0.5, 0.6) is 5.75 Å². The molecule has 96 valence electrons. The van der Waals surface area contributed by atoms with Gasteiger partial charge < -0.3 is 9.84 Å². The summed E-state index contributed by atoms with van der Waals surface area (Å²) in [6.07, 6.45) is -0.644. The standard InChI is InChI=1S/C14H18N2O2/c1-14(2)13(17)12(16(3)4)10-7-9(8-15)5-6-11(10)18-14/h5-7,12-13,17H,1-4H3/t12-,13?/m0/s1. The molecule has 4 nitrogen and oxygen atoms in total. The third-order valence-corrected chi connectivity index (χ3v) is 3.40. The molecule has 1 N–H and O–H groups in total. The molecule has 1 aliphatic heterocycles. The Bertz CT molecular complexity index is 503. The van der Waals surface area contributed by atoms with Crippen molar-refractivity contribution in [3.63, 3.8) is 0 Å². The average molecular weight is 246 g/mol. The lowest BCUT2D eigenvalue weighted by Gasteiger charge is -2.44. The van der Waals surface area contributed by atoms with Crippen LogP contribution in [0, 0.1) is 11.3 Å². The smallest absolute Gasteiger partial charge is 0.131 e. The number of aliphatic hydroxyl groups is 1. The van der Waals surface area contributed by atoms with E-state index in [9.17, 15) is 5.11 Å².